The van der Waals surface area contributed by atoms with E-state index >= 15 is 0 Å². The number of halogens is 1. The first-order chi connectivity index (χ1) is 13.6. The number of carbonyl (C=O) groups is 2. The number of amides is 1. The number of Topliss-reactive ketones (excluding diaryl/α,β-unsaturated/α-hetero) is 1. The molecule has 1 aliphatic rings. The highest BCUT2D eigenvalue weighted by molar-refractivity contribution is 9.10. The summed E-state index contributed by atoms with van der Waals surface area (Å²) < 4.78 is 0.855. The monoisotopic (exact) mass is 433 g/mol. The van der Waals surface area contributed by atoms with Gasteiger partial charge in [-0.05, 0) is 29.8 Å². The van der Waals surface area contributed by atoms with Gasteiger partial charge in [0, 0.05) is 15.7 Å². The molecular formula is C23H16BrNO3. The number of ketones is 1. The Morgan fingerprint density at radius 2 is 1.39 bits per heavy atom. The number of carbonyl (C=O) groups excluding carboxylic acids is 2. The van der Waals surface area contributed by atoms with Crippen molar-refractivity contribution in [3.8, 4) is 0 Å². The Kier molecular flexibility index (Phi) is 4.84. The van der Waals surface area contributed by atoms with Crippen LogP contribution in [0.2, 0.25) is 0 Å². The van der Waals surface area contributed by atoms with Crippen molar-refractivity contribution in [1.82, 2.24) is 0 Å². The van der Waals surface area contributed by atoms with Gasteiger partial charge in [-0.3, -0.25) is 14.5 Å². The average molecular weight is 434 g/mol. The minimum atomic E-state index is -0.702. The van der Waals surface area contributed by atoms with Crippen LogP contribution in [0.25, 0.3) is 5.76 Å². The van der Waals surface area contributed by atoms with Gasteiger partial charge < -0.3 is 5.11 Å². The lowest BCUT2D eigenvalue weighted by Gasteiger charge is -2.25. The van der Waals surface area contributed by atoms with E-state index in [4.69, 9.17) is 0 Å². The first kappa shape index (κ1) is 18.2. The fraction of sp³-hybridized carbons (Fsp3) is 0.0435. The number of anilines is 1. The molecule has 0 aliphatic carbocycles. The van der Waals surface area contributed by atoms with Gasteiger partial charge in [0.2, 0.25) is 0 Å². The normalized spacial score (nSPS) is 18.5. The molecule has 0 aromatic heterocycles. The van der Waals surface area contributed by atoms with Crippen molar-refractivity contribution in [2.45, 2.75) is 6.04 Å². The van der Waals surface area contributed by atoms with E-state index in [1.54, 1.807) is 36.4 Å². The van der Waals surface area contributed by atoms with Gasteiger partial charge in [-0.15, -0.1) is 0 Å². The molecule has 0 radical (unpaired) electrons. The van der Waals surface area contributed by atoms with Crippen molar-refractivity contribution in [3.05, 3.63) is 106 Å². The van der Waals surface area contributed by atoms with Crippen LogP contribution >= 0.6 is 15.9 Å². The molecule has 1 atom stereocenters. The molecule has 3 aromatic rings. The van der Waals surface area contributed by atoms with Gasteiger partial charge in [0.15, 0.2) is 0 Å². The van der Waals surface area contributed by atoms with Gasteiger partial charge in [-0.25, -0.2) is 0 Å². The molecule has 5 heteroatoms. The number of benzene rings is 3. The summed E-state index contributed by atoms with van der Waals surface area (Å²) in [7, 11) is 0. The zero-order chi connectivity index (χ0) is 19.7. The SMILES string of the molecule is O=C1C(=O)N(c2ccccc2)[C@@H](c2ccccc2)C1=C(O)c1ccc(Br)cc1. The van der Waals surface area contributed by atoms with Crippen molar-refractivity contribution in [2.75, 3.05) is 4.90 Å². The first-order valence-electron chi connectivity index (χ1n) is 8.75. The summed E-state index contributed by atoms with van der Waals surface area (Å²) in [5, 5.41) is 11.0. The Hall–Kier alpha value is -3.18. The van der Waals surface area contributed by atoms with Crippen LogP contribution in [0.15, 0.2) is 95.0 Å². The predicted octanol–water partition coefficient (Wildman–Crippen LogP) is 5.08. The third-order valence-corrected chi connectivity index (χ3v) is 5.24. The second kappa shape index (κ2) is 7.44. The Morgan fingerprint density at radius 1 is 0.821 bits per heavy atom. The Labute approximate surface area is 170 Å². The summed E-state index contributed by atoms with van der Waals surface area (Å²) in [5.41, 5.74) is 1.93. The summed E-state index contributed by atoms with van der Waals surface area (Å²) in [6.07, 6.45) is 0. The second-order valence-electron chi connectivity index (χ2n) is 6.42. The molecule has 0 unspecified atom stereocenters. The molecule has 1 fully saturated rings. The Morgan fingerprint density at radius 3 is 2.00 bits per heavy atom. The number of hydrogen-bond acceptors (Lipinski definition) is 3. The van der Waals surface area contributed by atoms with Gasteiger partial charge in [0.05, 0.1) is 11.6 Å². The minimum Gasteiger partial charge on any atom is -0.507 e. The van der Waals surface area contributed by atoms with Gasteiger partial charge >= 0.3 is 0 Å². The number of aliphatic hydroxyl groups excluding tert-OH is 1. The predicted molar refractivity (Wildman–Crippen MR) is 112 cm³/mol. The molecule has 1 amide bonds. The van der Waals surface area contributed by atoms with Crippen LogP contribution in [0.5, 0.6) is 0 Å². The van der Waals surface area contributed by atoms with Crippen molar-refractivity contribution >= 4 is 39.1 Å². The van der Waals surface area contributed by atoms with E-state index in [0.29, 0.717) is 11.3 Å². The lowest BCUT2D eigenvalue weighted by molar-refractivity contribution is -0.132. The van der Waals surface area contributed by atoms with Crippen LogP contribution in [0.4, 0.5) is 5.69 Å². The van der Waals surface area contributed by atoms with E-state index < -0.39 is 17.7 Å². The van der Waals surface area contributed by atoms with E-state index in [1.165, 1.54) is 4.90 Å². The third kappa shape index (κ3) is 3.14. The van der Waals surface area contributed by atoms with Crippen molar-refractivity contribution in [3.63, 3.8) is 0 Å². The van der Waals surface area contributed by atoms with E-state index in [0.717, 1.165) is 10.0 Å². The minimum absolute atomic E-state index is 0.0855. The second-order valence-corrected chi connectivity index (χ2v) is 7.34. The molecule has 138 valence electrons. The number of hydrogen-bond donors (Lipinski definition) is 1. The molecule has 1 aliphatic heterocycles. The van der Waals surface area contributed by atoms with E-state index in [1.807, 2.05) is 48.5 Å². The summed E-state index contributed by atoms with van der Waals surface area (Å²) in [6, 6.07) is 24.6. The smallest absolute Gasteiger partial charge is 0.300 e. The van der Waals surface area contributed by atoms with Crippen LogP contribution < -0.4 is 4.90 Å². The fourth-order valence-electron chi connectivity index (χ4n) is 3.40. The lowest BCUT2D eigenvalue weighted by Crippen LogP contribution is -2.29. The molecule has 4 rings (SSSR count). The molecule has 4 nitrogen and oxygen atoms in total. The van der Waals surface area contributed by atoms with Crippen LogP contribution in [0, 0.1) is 0 Å². The third-order valence-electron chi connectivity index (χ3n) is 4.71. The maximum atomic E-state index is 12.9. The van der Waals surface area contributed by atoms with Crippen molar-refractivity contribution in [1.29, 1.82) is 0 Å². The average Bonchev–Trinajstić information content (AvgIpc) is 3.00. The van der Waals surface area contributed by atoms with Gasteiger partial charge in [-0.1, -0.05) is 76.6 Å². The number of aliphatic hydroxyl groups is 1. The van der Waals surface area contributed by atoms with E-state index in [9.17, 15) is 14.7 Å². The first-order valence-corrected chi connectivity index (χ1v) is 9.54. The largest absolute Gasteiger partial charge is 0.507 e. The molecule has 0 bridgehead atoms. The molecule has 1 saturated heterocycles. The molecule has 0 saturated carbocycles. The van der Waals surface area contributed by atoms with Crippen LogP contribution in [-0.4, -0.2) is 16.8 Å². The Balaban J connectivity index is 1.94. The summed E-state index contributed by atoms with van der Waals surface area (Å²) in [4.78, 5) is 27.3. The zero-order valence-corrected chi connectivity index (χ0v) is 16.3. The maximum absolute atomic E-state index is 12.9. The number of rotatable bonds is 3. The van der Waals surface area contributed by atoms with Gasteiger partial charge in [0.1, 0.15) is 5.76 Å². The molecule has 1 N–H and O–H groups in total. The molecule has 3 aromatic carbocycles. The topological polar surface area (TPSA) is 57.6 Å². The number of para-hydroxylation sites is 1. The Bertz CT molecular complexity index is 1060. The zero-order valence-electron chi connectivity index (χ0n) is 14.7. The highest BCUT2D eigenvalue weighted by Gasteiger charge is 2.46. The molecule has 28 heavy (non-hydrogen) atoms. The maximum Gasteiger partial charge on any atom is 0.300 e. The van der Waals surface area contributed by atoms with Gasteiger partial charge in [-0.2, -0.15) is 0 Å². The standard InChI is InChI=1S/C23H16BrNO3/c24-17-13-11-16(12-14-17)21(26)19-20(15-7-3-1-4-8-15)25(23(28)22(19)27)18-9-5-2-6-10-18/h1-14,20,26H/t20-/m0/s1. The molecular weight excluding hydrogens is 418 g/mol. The fourth-order valence-corrected chi connectivity index (χ4v) is 3.67. The van der Waals surface area contributed by atoms with Crippen LogP contribution in [0.1, 0.15) is 17.2 Å². The van der Waals surface area contributed by atoms with E-state index in [-0.39, 0.29) is 11.3 Å². The highest BCUT2D eigenvalue weighted by Crippen LogP contribution is 2.41. The van der Waals surface area contributed by atoms with Gasteiger partial charge in [0.25, 0.3) is 11.7 Å². The lowest BCUT2D eigenvalue weighted by atomic mass is 9.95. The highest BCUT2D eigenvalue weighted by atomic mass is 79.9. The van der Waals surface area contributed by atoms with E-state index in [2.05, 4.69) is 15.9 Å². The van der Waals surface area contributed by atoms with Crippen LogP contribution in [0.3, 0.4) is 0 Å². The number of nitrogens with zero attached hydrogens (tertiary/aromatic N) is 1. The summed E-state index contributed by atoms with van der Waals surface area (Å²) >= 11 is 3.36. The van der Waals surface area contributed by atoms with Crippen molar-refractivity contribution < 1.29 is 14.7 Å². The molecule has 0 spiro atoms. The van der Waals surface area contributed by atoms with Crippen LogP contribution in [-0.2, 0) is 9.59 Å². The van der Waals surface area contributed by atoms with Crippen molar-refractivity contribution in [2.24, 2.45) is 0 Å². The summed E-state index contributed by atoms with van der Waals surface area (Å²) in [6.45, 7) is 0. The summed E-state index contributed by atoms with van der Waals surface area (Å²) in [5.74, 6) is -1.53. The quantitative estimate of drug-likeness (QED) is 0.356. The molecule has 1 heterocycles.